The van der Waals surface area contributed by atoms with E-state index >= 15 is 0 Å². The first-order valence-corrected chi connectivity index (χ1v) is 9.71. The van der Waals surface area contributed by atoms with Crippen LogP contribution in [-0.2, 0) is 5.60 Å². The van der Waals surface area contributed by atoms with Gasteiger partial charge in [0.25, 0.3) is 0 Å². The van der Waals surface area contributed by atoms with Gasteiger partial charge in [-0.05, 0) is 48.4 Å². The molecule has 0 amide bonds. The Labute approximate surface area is 165 Å². The van der Waals surface area contributed by atoms with Crippen molar-refractivity contribution in [3.05, 3.63) is 119 Å². The van der Waals surface area contributed by atoms with Crippen molar-refractivity contribution in [1.29, 1.82) is 0 Å². The fraction of sp³-hybridized carbons (Fsp3) is 0.111. The standard InChI is InChI=1S/C27H22O/c1-19-12-14-22(15-13-19)27(21-8-4-3-5-9-21)17-16-25-24-11-7-6-10-23(24)20(2)18-26(25)28-27/h3-18H,1-2H3. The first kappa shape index (κ1) is 16.8. The molecule has 5 rings (SSSR count). The molecular weight excluding hydrogens is 340 g/mol. The quantitative estimate of drug-likeness (QED) is 0.381. The summed E-state index contributed by atoms with van der Waals surface area (Å²) in [5, 5.41) is 2.51. The van der Waals surface area contributed by atoms with Crippen molar-refractivity contribution in [3.8, 4) is 5.75 Å². The van der Waals surface area contributed by atoms with Crippen molar-refractivity contribution in [3.63, 3.8) is 0 Å². The number of aryl methyl sites for hydroxylation is 2. The molecule has 1 heterocycles. The second-order valence-electron chi connectivity index (χ2n) is 7.55. The van der Waals surface area contributed by atoms with Gasteiger partial charge in [0, 0.05) is 16.7 Å². The second kappa shape index (κ2) is 6.38. The smallest absolute Gasteiger partial charge is 0.178 e. The number of ether oxygens (including phenoxy) is 1. The minimum absolute atomic E-state index is 0.628. The summed E-state index contributed by atoms with van der Waals surface area (Å²) in [6.45, 7) is 4.27. The van der Waals surface area contributed by atoms with Crippen molar-refractivity contribution in [2.75, 3.05) is 0 Å². The van der Waals surface area contributed by atoms with E-state index in [0.717, 1.165) is 22.4 Å². The fourth-order valence-corrected chi connectivity index (χ4v) is 4.18. The third-order valence-electron chi connectivity index (χ3n) is 5.69. The predicted molar refractivity (Wildman–Crippen MR) is 117 cm³/mol. The second-order valence-corrected chi connectivity index (χ2v) is 7.55. The van der Waals surface area contributed by atoms with Gasteiger partial charge in [-0.2, -0.15) is 0 Å². The normalized spacial score (nSPS) is 17.9. The lowest BCUT2D eigenvalue weighted by Crippen LogP contribution is -2.34. The number of hydrogen-bond donors (Lipinski definition) is 0. The Bertz CT molecular complexity index is 1190. The lowest BCUT2D eigenvalue weighted by molar-refractivity contribution is 0.161. The van der Waals surface area contributed by atoms with E-state index in [1.54, 1.807) is 0 Å². The molecule has 1 aliphatic heterocycles. The van der Waals surface area contributed by atoms with Crippen molar-refractivity contribution in [1.82, 2.24) is 0 Å². The van der Waals surface area contributed by atoms with Crippen molar-refractivity contribution >= 4 is 16.8 Å². The highest BCUT2D eigenvalue weighted by Crippen LogP contribution is 2.44. The molecule has 0 bridgehead atoms. The molecule has 1 heteroatoms. The van der Waals surface area contributed by atoms with E-state index in [-0.39, 0.29) is 0 Å². The summed E-state index contributed by atoms with van der Waals surface area (Å²) in [5.74, 6) is 0.933. The third-order valence-corrected chi connectivity index (χ3v) is 5.69. The minimum Gasteiger partial charge on any atom is -0.473 e. The van der Waals surface area contributed by atoms with Crippen LogP contribution >= 0.6 is 0 Å². The fourth-order valence-electron chi connectivity index (χ4n) is 4.18. The summed E-state index contributed by atoms with van der Waals surface area (Å²) in [5.41, 5.74) is 5.27. The molecule has 1 unspecified atom stereocenters. The van der Waals surface area contributed by atoms with Gasteiger partial charge >= 0.3 is 0 Å². The molecule has 1 atom stereocenters. The zero-order chi connectivity index (χ0) is 19.1. The molecule has 136 valence electrons. The molecule has 1 nitrogen and oxygen atoms in total. The summed E-state index contributed by atoms with van der Waals surface area (Å²) in [6.07, 6.45) is 4.44. The minimum atomic E-state index is -0.628. The van der Waals surface area contributed by atoms with Crippen LogP contribution in [-0.4, -0.2) is 0 Å². The number of benzene rings is 4. The van der Waals surface area contributed by atoms with E-state index in [9.17, 15) is 0 Å². The Kier molecular flexibility index (Phi) is 3.84. The Balaban J connectivity index is 1.76. The van der Waals surface area contributed by atoms with Gasteiger partial charge in [0.05, 0.1) is 0 Å². The van der Waals surface area contributed by atoms with Gasteiger partial charge in [-0.15, -0.1) is 0 Å². The maximum absolute atomic E-state index is 6.83. The maximum atomic E-state index is 6.83. The molecule has 0 saturated carbocycles. The monoisotopic (exact) mass is 362 g/mol. The highest BCUT2D eigenvalue weighted by molar-refractivity contribution is 5.96. The van der Waals surface area contributed by atoms with Gasteiger partial charge in [0.15, 0.2) is 5.60 Å². The molecule has 0 fully saturated rings. The number of fused-ring (bicyclic) bond motifs is 3. The van der Waals surface area contributed by atoms with Crippen LogP contribution in [0.25, 0.3) is 16.8 Å². The van der Waals surface area contributed by atoms with E-state index < -0.39 is 5.60 Å². The molecule has 0 N–H and O–H groups in total. The van der Waals surface area contributed by atoms with Crippen LogP contribution in [0.4, 0.5) is 0 Å². The molecule has 0 saturated heterocycles. The first-order valence-electron chi connectivity index (χ1n) is 9.71. The summed E-state index contributed by atoms with van der Waals surface area (Å²) >= 11 is 0. The van der Waals surface area contributed by atoms with Crippen LogP contribution in [0.3, 0.4) is 0 Å². The van der Waals surface area contributed by atoms with Gasteiger partial charge in [-0.3, -0.25) is 0 Å². The zero-order valence-electron chi connectivity index (χ0n) is 16.1. The molecule has 0 aliphatic carbocycles. The summed E-state index contributed by atoms with van der Waals surface area (Å²) in [7, 11) is 0. The Morgan fingerprint density at radius 3 is 2.07 bits per heavy atom. The van der Waals surface area contributed by atoms with Gasteiger partial charge < -0.3 is 4.74 Å². The van der Waals surface area contributed by atoms with Crippen LogP contribution in [0.15, 0.2) is 91.0 Å². The Morgan fingerprint density at radius 1 is 0.679 bits per heavy atom. The van der Waals surface area contributed by atoms with Crippen LogP contribution in [0, 0.1) is 13.8 Å². The molecule has 0 radical (unpaired) electrons. The van der Waals surface area contributed by atoms with Crippen molar-refractivity contribution < 1.29 is 4.74 Å². The first-order chi connectivity index (χ1) is 13.7. The number of hydrogen-bond acceptors (Lipinski definition) is 1. The van der Waals surface area contributed by atoms with E-state index in [0.29, 0.717) is 0 Å². The average molecular weight is 362 g/mol. The third kappa shape index (κ3) is 2.55. The molecule has 4 aromatic rings. The van der Waals surface area contributed by atoms with E-state index in [1.165, 1.54) is 21.9 Å². The van der Waals surface area contributed by atoms with Crippen LogP contribution in [0.2, 0.25) is 0 Å². The topological polar surface area (TPSA) is 9.23 Å². The predicted octanol–water partition coefficient (Wildman–Crippen LogP) is 6.81. The van der Waals surface area contributed by atoms with Crippen LogP contribution < -0.4 is 4.74 Å². The highest BCUT2D eigenvalue weighted by Gasteiger charge is 2.37. The van der Waals surface area contributed by atoms with E-state index in [1.807, 2.05) is 6.07 Å². The highest BCUT2D eigenvalue weighted by atomic mass is 16.5. The SMILES string of the molecule is Cc1ccc(C2(c3ccccc3)C=Cc3c(cc(C)c4ccccc34)O2)cc1. The lowest BCUT2D eigenvalue weighted by Gasteiger charge is -2.36. The summed E-state index contributed by atoms with van der Waals surface area (Å²) in [6, 6.07) is 29.8. The van der Waals surface area contributed by atoms with Gasteiger partial charge in [-0.25, -0.2) is 0 Å². The molecule has 1 aliphatic rings. The van der Waals surface area contributed by atoms with Crippen LogP contribution in [0.5, 0.6) is 5.75 Å². The molecule has 28 heavy (non-hydrogen) atoms. The van der Waals surface area contributed by atoms with Crippen molar-refractivity contribution in [2.45, 2.75) is 19.4 Å². The van der Waals surface area contributed by atoms with Gasteiger partial charge in [-0.1, -0.05) is 84.4 Å². The van der Waals surface area contributed by atoms with Gasteiger partial charge in [0.2, 0.25) is 0 Å². The van der Waals surface area contributed by atoms with Gasteiger partial charge in [0.1, 0.15) is 5.75 Å². The van der Waals surface area contributed by atoms with Crippen LogP contribution in [0.1, 0.15) is 27.8 Å². The summed E-state index contributed by atoms with van der Waals surface area (Å²) in [4.78, 5) is 0. The summed E-state index contributed by atoms with van der Waals surface area (Å²) < 4.78 is 6.83. The molecule has 4 aromatic carbocycles. The zero-order valence-corrected chi connectivity index (χ0v) is 16.1. The number of rotatable bonds is 2. The molecular formula is C27H22O. The Hall–Kier alpha value is -3.32. The van der Waals surface area contributed by atoms with Crippen molar-refractivity contribution in [2.24, 2.45) is 0 Å². The Morgan fingerprint density at radius 2 is 1.32 bits per heavy atom. The molecule has 0 aromatic heterocycles. The molecule has 0 spiro atoms. The lowest BCUT2D eigenvalue weighted by atomic mass is 9.82. The largest absolute Gasteiger partial charge is 0.473 e. The average Bonchev–Trinajstić information content (AvgIpc) is 2.75. The maximum Gasteiger partial charge on any atom is 0.178 e. The van der Waals surface area contributed by atoms with E-state index in [2.05, 4.69) is 105 Å². The van der Waals surface area contributed by atoms with E-state index in [4.69, 9.17) is 4.74 Å².